The summed E-state index contributed by atoms with van der Waals surface area (Å²) >= 11 is 1.65. The Kier molecular flexibility index (Phi) is 6.70. The molecule has 0 saturated carbocycles. The predicted molar refractivity (Wildman–Crippen MR) is 204 cm³/mol. The first-order valence-corrected chi connectivity index (χ1v) is 17.8. The Balaban J connectivity index is 1.25. The van der Waals surface area contributed by atoms with Gasteiger partial charge in [0.05, 0.1) is 22.6 Å². The van der Waals surface area contributed by atoms with Crippen LogP contribution in [0.3, 0.4) is 0 Å². The summed E-state index contributed by atoms with van der Waals surface area (Å²) in [6.07, 6.45) is 0. The van der Waals surface area contributed by atoms with E-state index in [1.54, 1.807) is 11.8 Å². The average molecular weight is 680 g/mol. The molecule has 1 unspecified atom stereocenters. The Morgan fingerprint density at radius 2 is 1.12 bits per heavy atom. The van der Waals surface area contributed by atoms with Gasteiger partial charge in [0.15, 0.2) is 17.5 Å². The highest BCUT2D eigenvalue weighted by Gasteiger charge is 2.51. The van der Waals surface area contributed by atoms with Gasteiger partial charge < -0.3 is 0 Å². The Morgan fingerprint density at radius 3 is 1.83 bits per heavy atom. The first-order valence-electron chi connectivity index (χ1n) is 17.0. The molecule has 0 bridgehead atoms. The van der Waals surface area contributed by atoms with Crippen molar-refractivity contribution >= 4 is 22.5 Å². The van der Waals surface area contributed by atoms with Crippen LogP contribution in [0.2, 0.25) is 0 Å². The third-order valence-electron chi connectivity index (χ3n) is 10.2. The van der Waals surface area contributed by atoms with E-state index >= 15 is 0 Å². The monoisotopic (exact) mass is 679 g/mol. The van der Waals surface area contributed by atoms with Crippen LogP contribution in [-0.4, -0.2) is 15.0 Å². The molecule has 1 aromatic heterocycles. The van der Waals surface area contributed by atoms with Gasteiger partial charge in [0.1, 0.15) is 6.07 Å². The predicted octanol–water partition coefficient (Wildman–Crippen LogP) is 10.6. The van der Waals surface area contributed by atoms with Crippen molar-refractivity contribution in [3.05, 3.63) is 185 Å². The number of aromatic nitrogens is 3. The van der Waals surface area contributed by atoms with Gasteiger partial charge in [-0.3, -0.25) is 0 Å². The van der Waals surface area contributed by atoms with Crippen LogP contribution in [0.4, 0.5) is 0 Å². The third kappa shape index (κ3) is 4.39. The lowest BCUT2D eigenvalue weighted by Crippen LogP contribution is -2.32. The molecule has 10 rings (SSSR count). The van der Waals surface area contributed by atoms with E-state index in [1.807, 2.05) is 84.9 Å². The fourth-order valence-corrected chi connectivity index (χ4v) is 9.20. The van der Waals surface area contributed by atoms with Crippen molar-refractivity contribution in [3.8, 4) is 57.4 Å². The molecule has 5 nitrogen and oxygen atoms in total. The second kappa shape index (κ2) is 11.6. The second-order valence-corrected chi connectivity index (χ2v) is 14.1. The minimum Gasteiger partial charge on any atom is -0.208 e. The van der Waals surface area contributed by atoms with Crippen LogP contribution < -0.4 is 0 Å². The van der Waals surface area contributed by atoms with E-state index in [0.717, 1.165) is 70.6 Å². The van der Waals surface area contributed by atoms with Gasteiger partial charge in [-0.25, -0.2) is 15.0 Å². The van der Waals surface area contributed by atoms with E-state index in [2.05, 4.69) is 78.9 Å². The highest BCUT2D eigenvalue weighted by atomic mass is 32.2. The van der Waals surface area contributed by atoms with Crippen LogP contribution in [0, 0.1) is 22.7 Å². The molecule has 8 aromatic rings. The number of nitriles is 2. The van der Waals surface area contributed by atoms with Crippen molar-refractivity contribution in [2.24, 2.45) is 0 Å². The Hall–Kier alpha value is -6.86. The topological polar surface area (TPSA) is 86.2 Å². The van der Waals surface area contributed by atoms with E-state index in [4.69, 9.17) is 15.0 Å². The maximum atomic E-state index is 10.3. The second-order valence-electron chi connectivity index (χ2n) is 13.0. The van der Waals surface area contributed by atoms with Gasteiger partial charge in [-0.2, -0.15) is 10.5 Å². The molecular formula is C46H25N5S. The Morgan fingerprint density at radius 1 is 0.462 bits per heavy atom. The Labute approximate surface area is 304 Å². The van der Waals surface area contributed by atoms with Crippen LogP contribution in [0.1, 0.15) is 33.4 Å². The summed E-state index contributed by atoms with van der Waals surface area (Å²) in [6, 6.07) is 56.3. The molecule has 2 aliphatic rings. The summed E-state index contributed by atoms with van der Waals surface area (Å²) in [7, 11) is 0. The van der Waals surface area contributed by atoms with Crippen molar-refractivity contribution in [1.29, 1.82) is 10.5 Å². The number of fused-ring (bicyclic) bond motifs is 10. The summed E-state index contributed by atoms with van der Waals surface area (Å²) in [6.45, 7) is 0. The molecule has 0 radical (unpaired) electrons. The summed E-state index contributed by atoms with van der Waals surface area (Å²) in [5, 5.41) is 22.5. The number of hydrogen-bond donors (Lipinski definition) is 0. The summed E-state index contributed by atoms with van der Waals surface area (Å²) in [5.41, 5.74) is 9.81. The van der Waals surface area contributed by atoms with Crippen LogP contribution in [0.25, 0.3) is 56.1 Å². The van der Waals surface area contributed by atoms with Gasteiger partial charge in [0.2, 0.25) is 0 Å². The number of benzene rings is 7. The fraction of sp³-hybridized carbons (Fsp3) is 0.0217. The minimum absolute atomic E-state index is 0.593. The molecule has 6 heteroatoms. The maximum Gasteiger partial charge on any atom is 0.164 e. The van der Waals surface area contributed by atoms with E-state index in [0.29, 0.717) is 28.6 Å². The normalized spacial score (nSPS) is 14.9. The van der Waals surface area contributed by atoms with Gasteiger partial charge in [0, 0.05) is 26.5 Å². The van der Waals surface area contributed by atoms with E-state index in [9.17, 15) is 10.5 Å². The summed E-state index contributed by atoms with van der Waals surface area (Å²) in [5.74, 6) is 1.82. The molecule has 2 heterocycles. The van der Waals surface area contributed by atoms with Crippen molar-refractivity contribution in [1.82, 2.24) is 15.0 Å². The molecular weight excluding hydrogens is 655 g/mol. The number of hydrogen-bond acceptors (Lipinski definition) is 6. The van der Waals surface area contributed by atoms with E-state index in [1.165, 1.54) is 0 Å². The average Bonchev–Trinajstić information content (AvgIpc) is 3.48. The van der Waals surface area contributed by atoms with Crippen LogP contribution in [-0.2, 0) is 5.41 Å². The first-order chi connectivity index (χ1) is 25.6. The van der Waals surface area contributed by atoms with E-state index in [-0.39, 0.29) is 0 Å². The zero-order valence-electron chi connectivity index (χ0n) is 27.6. The standard InChI is InChI=1S/C46H25N5S/c47-26-28-18-21-35-36-24-31-19-20-32(45-50-43(29-10-3-1-4-11-29)49-44(51-45)30-12-5-2-6-13-30)23-34(31)25-40(36)46(39(35)22-28)37-15-7-8-17-41(37)52-42-33(27-48)14-9-16-38(42)46/h1-25H. The molecule has 1 aliphatic carbocycles. The quantitative estimate of drug-likeness (QED) is 0.185. The van der Waals surface area contributed by atoms with E-state index < -0.39 is 5.41 Å². The summed E-state index contributed by atoms with van der Waals surface area (Å²) < 4.78 is 0. The van der Waals surface area contributed by atoms with Crippen molar-refractivity contribution in [3.63, 3.8) is 0 Å². The highest BCUT2D eigenvalue weighted by molar-refractivity contribution is 7.99. The summed E-state index contributed by atoms with van der Waals surface area (Å²) in [4.78, 5) is 16.9. The molecule has 1 spiro atoms. The van der Waals surface area contributed by atoms with Crippen LogP contribution in [0.15, 0.2) is 161 Å². The lowest BCUT2D eigenvalue weighted by molar-refractivity contribution is 0.722. The smallest absolute Gasteiger partial charge is 0.164 e. The minimum atomic E-state index is -0.736. The van der Waals surface area contributed by atoms with Gasteiger partial charge in [0.25, 0.3) is 0 Å². The largest absolute Gasteiger partial charge is 0.208 e. The zero-order valence-corrected chi connectivity index (χ0v) is 28.4. The van der Waals surface area contributed by atoms with Crippen molar-refractivity contribution in [2.75, 3.05) is 0 Å². The molecule has 1 aliphatic heterocycles. The molecule has 1 atom stereocenters. The number of nitrogens with zero attached hydrogens (tertiary/aromatic N) is 5. The first kappa shape index (κ1) is 30.0. The Bertz CT molecular complexity index is 2800. The maximum absolute atomic E-state index is 10.3. The zero-order chi connectivity index (χ0) is 34.8. The van der Waals surface area contributed by atoms with Gasteiger partial charge in [-0.15, -0.1) is 0 Å². The highest BCUT2D eigenvalue weighted by Crippen LogP contribution is 2.63. The molecule has 240 valence electrons. The SMILES string of the molecule is N#Cc1ccc2c(c1)C1(c3ccccc3Sc3c(C#N)cccc31)c1cc3cc(-c4nc(-c5ccccc5)nc(-c5ccccc5)n4)ccc3cc1-2. The van der Waals surface area contributed by atoms with Gasteiger partial charge >= 0.3 is 0 Å². The van der Waals surface area contributed by atoms with Gasteiger partial charge in [-0.05, 0) is 86.6 Å². The molecule has 0 amide bonds. The molecule has 0 N–H and O–H groups in total. The van der Waals surface area contributed by atoms with Crippen molar-refractivity contribution in [2.45, 2.75) is 15.2 Å². The fourth-order valence-electron chi connectivity index (χ4n) is 7.94. The lowest BCUT2D eigenvalue weighted by atomic mass is 9.66. The third-order valence-corrected chi connectivity index (χ3v) is 11.4. The lowest BCUT2D eigenvalue weighted by Gasteiger charge is -2.40. The molecule has 52 heavy (non-hydrogen) atoms. The number of rotatable bonds is 3. The molecule has 7 aromatic carbocycles. The van der Waals surface area contributed by atoms with Crippen molar-refractivity contribution < 1.29 is 0 Å². The molecule has 0 fully saturated rings. The van der Waals surface area contributed by atoms with Gasteiger partial charge in [-0.1, -0.05) is 121 Å². The van der Waals surface area contributed by atoms with Crippen LogP contribution >= 0.6 is 11.8 Å². The molecule has 0 saturated heterocycles. The van der Waals surface area contributed by atoms with Crippen LogP contribution in [0.5, 0.6) is 0 Å².